The average Bonchev–Trinajstić information content (AvgIpc) is 2.76. The van der Waals surface area contributed by atoms with E-state index < -0.39 is 72.5 Å². The minimum Gasteiger partial charge on any atom is -0.446 e. The number of rotatable bonds is 5. The predicted octanol–water partition coefficient (Wildman–Crippen LogP) is 3.86. The highest BCUT2D eigenvalue weighted by Crippen LogP contribution is 2.62. The van der Waals surface area contributed by atoms with Gasteiger partial charge in [-0.15, -0.1) is 0 Å². The summed E-state index contributed by atoms with van der Waals surface area (Å²) in [4.78, 5) is 22.8. The van der Waals surface area contributed by atoms with Crippen molar-refractivity contribution in [2.75, 3.05) is 6.61 Å². The van der Waals surface area contributed by atoms with Crippen molar-refractivity contribution in [1.82, 2.24) is 0 Å². The van der Waals surface area contributed by atoms with E-state index in [1.54, 1.807) is 0 Å². The lowest BCUT2D eigenvalue weighted by Gasteiger charge is -2.42. The molecule has 1 heterocycles. The molecule has 166 valence electrons. The quantitative estimate of drug-likeness (QED) is 0.369. The van der Waals surface area contributed by atoms with Gasteiger partial charge in [-0.25, -0.2) is 4.79 Å². The summed E-state index contributed by atoms with van der Waals surface area (Å²) in [5.41, 5.74) is -5.55. The number of ketones is 1. The number of carbonyl (C=O) groups excluding carboxylic acids is 2. The molecule has 0 N–H and O–H groups in total. The minimum absolute atomic E-state index is 0.0842. The summed E-state index contributed by atoms with van der Waals surface area (Å²) in [6.07, 6.45) is -14.9. The lowest BCUT2D eigenvalue weighted by Crippen LogP contribution is -2.66. The van der Waals surface area contributed by atoms with Gasteiger partial charge in [-0.2, -0.15) is 35.1 Å². The third-order valence-electron chi connectivity index (χ3n) is 4.75. The number of carbonyl (C=O) groups is 2. The fraction of sp³-hybridized carbons (Fsp3) is 0.750. The van der Waals surface area contributed by atoms with Crippen molar-refractivity contribution in [3.63, 3.8) is 0 Å². The lowest BCUT2D eigenvalue weighted by molar-refractivity contribution is -0.423. The Kier molecular flexibility index (Phi) is 5.83. The number of Topliss-reactive ketones (excluding diaryl/α,β-unsaturated/α-hetero) is 1. The van der Waals surface area contributed by atoms with Crippen molar-refractivity contribution >= 4 is 11.8 Å². The van der Waals surface area contributed by atoms with E-state index in [9.17, 15) is 35.9 Å². The first-order chi connectivity index (χ1) is 13.0. The Balaban J connectivity index is 2.55. The fourth-order valence-electron chi connectivity index (χ4n) is 3.36. The van der Waals surface area contributed by atoms with Gasteiger partial charge in [-0.1, -0.05) is 13.0 Å². The zero-order valence-electron chi connectivity index (χ0n) is 14.9. The predicted molar refractivity (Wildman–Crippen MR) is 77.7 cm³/mol. The molecule has 0 spiro atoms. The molecule has 29 heavy (non-hydrogen) atoms. The molecule has 1 saturated carbocycles. The molecule has 1 aliphatic heterocycles. The van der Waals surface area contributed by atoms with Gasteiger partial charge in [0.05, 0.1) is 0 Å². The van der Waals surface area contributed by atoms with Gasteiger partial charge in [0.2, 0.25) is 5.60 Å². The third-order valence-corrected chi connectivity index (χ3v) is 4.75. The molecule has 1 saturated heterocycles. The van der Waals surface area contributed by atoms with Gasteiger partial charge in [-0.05, 0) is 26.2 Å². The van der Waals surface area contributed by atoms with Crippen molar-refractivity contribution in [1.29, 1.82) is 0 Å². The van der Waals surface area contributed by atoms with Crippen LogP contribution in [0.4, 0.5) is 35.1 Å². The van der Waals surface area contributed by atoms with Crippen LogP contribution in [0.2, 0.25) is 0 Å². The molecule has 1 aliphatic carbocycles. The van der Waals surface area contributed by atoms with Crippen LogP contribution in [0, 0.1) is 0 Å². The Morgan fingerprint density at radius 1 is 1.14 bits per heavy atom. The monoisotopic (exact) mass is 440 g/mol. The number of alkyl halides is 8. The SMILES string of the molecule is C=C(C(=O)OC12CCCCC1OC(OCC(C)=O)(C(F)(F)F)C2(F)F)C(F)(F)F. The van der Waals surface area contributed by atoms with Crippen LogP contribution in [0.25, 0.3) is 0 Å². The van der Waals surface area contributed by atoms with Gasteiger partial charge in [-0.3, -0.25) is 4.79 Å². The van der Waals surface area contributed by atoms with Crippen LogP contribution in [-0.4, -0.2) is 54.1 Å². The summed E-state index contributed by atoms with van der Waals surface area (Å²) in [6.45, 7) is 1.77. The smallest absolute Gasteiger partial charge is 0.446 e. The minimum atomic E-state index is -5.91. The van der Waals surface area contributed by atoms with Crippen molar-refractivity contribution in [2.45, 2.75) is 68.4 Å². The van der Waals surface area contributed by atoms with E-state index in [4.69, 9.17) is 0 Å². The number of hydrogen-bond acceptors (Lipinski definition) is 5. The van der Waals surface area contributed by atoms with Crippen LogP contribution in [0.3, 0.4) is 0 Å². The Hall–Kier alpha value is -1.76. The Labute approximate surface area is 159 Å². The molecule has 0 radical (unpaired) electrons. The van der Waals surface area contributed by atoms with Gasteiger partial charge in [0, 0.05) is 0 Å². The maximum atomic E-state index is 15.3. The summed E-state index contributed by atoms with van der Waals surface area (Å²) >= 11 is 0. The first kappa shape index (κ1) is 23.5. The number of halogens is 8. The van der Waals surface area contributed by atoms with Crippen LogP contribution in [0.5, 0.6) is 0 Å². The van der Waals surface area contributed by atoms with Gasteiger partial charge in [0.15, 0.2) is 5.78 Å². The molecule has 0 aromatic heterocycles. The van der Waals surface area contributed by atoms with Crippen molar-refractivity contribution < 1.29 is 58.9 Å². The van der Waals surface area contributed by atoms with Crippen LogP contribution >= 0.6 is 0 Å². The second-order valence-corrected chi connectivity index (χ2v) is 6.79. The number of fused-ring (bicyclic) bond motifs is 1. The van der Waals surface area contributed by atoms with Gasteiger partial charge < -0.3 is 14.2 Å². The largest absolute Gasteiger partial charge is 0.450 e. The van der Waals surface area contributed by atoms with Crippen LogP contribution in [-0.2, 0) is 23.8 Å². The van der Waals surface area contributed by atoms with Crippen molar-refractivity contribution in [3.05, 3.63) is 12.2 Å². The molecular formula is C16H16F8O5. The molecule has 0 bridgehead atoms. The highest BCUT2D eigenvalue weighted by atomic mass is 19.4. The molecule has 0 aromatic rings. The molecule has 3 atom stereocenters. The molecule has 2 fully saturated rings. The molecule has 5 nitrogen and oxygen atoms in total. The highest BCUT2D eigenvalue weighted by molar-refractivity contribution is 5.89. The summed E-state index contributed by atoms with van der Waals surface area (Å²) in [5, 5.41) is 0. The summed E-state index contributed by atoms with van der Waals surface area (Å²) in [5.74, 6) is -13.2. The zero-order chi connectivity index (χ0) is 22.5. The zero-order valence-corrected chi connectivity index (χ0v) is 14.9. The maximum Gasteiger partial charge on any atom is 0.450 e. The van der Waals surface area contributed by atoms with Gasteiger partial charge in [0.1, 0.15) is 18.3 Å². The van der Waals surface area contributed by atoms with Crippen molar-refractivity contribution in [2.24, 2.45) is 0 Å². The van der Waals surface area contributed by atoms with E-state index in [1.165, 1.54) is 0 Å². The van der Waals surface area contributed by atoms with Crippen LogP contribution < -0.4 is 0 Å². The number of ether oxygens (including phenoxy) is 3. The molecule has 2 rings (SSSR count). The Bertz CT molecular complexity index is 700. The second kappa shape index (κ2) is 7.18. The topological polar surface area (TPSA) is 61.8 Å². The molecule has 0 aromatic carbocycles. The standard InChI is InChI=1S/C16H16F8O5/c1-8(25)7-27-15(16(22,23)24)14(20,21)12(6-4-3-5-10(12)28-15)29-11(26)9(2)13(17,18)19/h10H,2-7H2,1H3. The molecule has 3 unspecified atom stereocenters. The summed E-state index contributed by atoms with van der Waals surface area (Å²) < 4.78 is 123. The Morgan fingerprint density at radius 2 is 1.72 bits per heavy atom. The van der Waals surface area contributed by atoms with Crippen molar-refractivity contribution in [3.8, 4) is 0 Å². The fourth-order valence-corrected chi connectivity index (χ4v) is 3.36. The van der Waals surface area contributed by atoms with Crippen LogP contribution in [0.15, 0.2) is 12.2 Å². The highest BCUT2D eigenvalue weighted by Gasteiger charge is 2.88. The van der Waals surface area contributed by atoms with E-state index in [1.807, 2.05) is 0 Å². The number of hydrogen-bond donors (Lipinski definition) is 0. The Morgan fingerprint density at radius 3 is 2.21 bits per heavy atom. The second-order valence-electron chi connectivity index (χ2n) is 6.79. The van der Waals surface area contributed by atoms with E-state index in [0.717, 1.165) is 6.92 Å². The first-order valence-corrected chi connectivity index (χ1v) is 8.27. The lowest BCUT2D eigenvalue weighted by atomic mass is 9.77. The van der Waals surface area contributed by atoms with Crippen LogP contribution in [0.1, 0.15) is 32.6 Å². The van der Waals surface area contributed by atoms with Gasteiger partial charge in [0.25, 0.3) is 0 Å². The molecular weight excluding hydrogens is 424 g/mol. The normalized spacial score (nSPS) is 31.8. The molecule has 0 amide bonds. The van der Waals surface area contributed by atoms with Gasteiger partial charge >= 0.3 is 30.0 Å². The van der Waals surface area contributed by atoms with E-state index >= 15 is 8.78 Å². The average molecular weight is 440 g/mol. The summed E-state index contributed by atoms with van der Waals surface area (Å²) in [7, 11) is 0. The maximum absolute atomic E-state index is 15.3. The van der Waals surface area contributed by atoms with E-state index in [-0.39, 0.29) is 12.8 Å². The molecule has 13 heteroatoms. The summed E-state index contributed by atoms with van der Waals surface area (Å²) in [6, 6.07) is 0. The van der Waals surface area contributed by atoms with E-state index in [2.05, 4.69) is 20.8 Å². The molecule has 2 aliphatic rings. The number of esters is 1. The first-order valence-electron chi connectivity index (χ1n) is 8.27. The van der Waals surface area contributed by atoms with E-state index in [0.29, 0.717) is 0 Å². The third kappa shape index (κ3) is 3.62.